The van der Waals surface area contributed by atoms with Crippen molar-refractivity contribution in [3.05, 3.63) is 32.4 Å². The van der Waals surface area contributed by atoms with Gasteiger partial charge in [-0.3, -0.25) is 9.59 Å². The molecule has 0 aromatic heterocycles. The van der Waals surface area contributed by atoms with Crippen molar-refractivity contribution in [2.75, 3.05) is 19.7 Å². The zero-order valence-corrected chi connectivity index (χ0v) is 14.4. The Balaban J connectivity index is 2.87. The molecule has 1 aromatic rings. The van der Waals surface area contributed by atoms with Gasteiger partial charge in [-0.25, -0.2) is 0 Å². The Kier molecular flexibility index (Phi) is 7.29. The maximum atomic E-state index is 12.4. The number of hydrogen-bond donors (Lipinski definition) is 0. The lowest BCUT2D eigenvalue weighted by atomic mass is 10.2. The highest BCUT2D eigenvalue weighted by atomic mass is 127. The van der Waals surface area contributed by atoms with E-state index in [4.69, 9.17) is 16.3 Å². The molecule has 6 heteroatoms. The van der Waals surface area contributed by atoms with Crippen molar-refractivity contribution in [1.82, 2.24) is 4.90 Å². The molecule has 0 heterocycles. The molecule has 0 bridgehead atoms. The Morgan fingerprint density at radius 1 is 1.35 bits per heavy atom. The summed E-state index contributed by atoms with van der Waals surface area (Å²) in [6.45, 7) is 4.46. The van der Waals surface area contributed by atoms with Crippen molar-refractivity contribution in [2.45, 2.75) is 20.3 Å². The number of carbonyl (C=O) groups excluding carboxylic acids is 2. The zero-order valence-electron chi connectivity index (χ0n) is 11.5. The largest absolute Gasteiger partial charge is 0.465 e. The average molecular weight is 410 g/mol. The molecule has 0 aliphatic heterocycles. The summed E-state index contributed by atoms with van der Waals surface area (Å²) in [5.74, 6) is -0.607. The van der Waals surface area contributed by atoms with Gasteiger partial charge in [-0.15, -0.1) is 0 Å². The lowest BCUT2D eigenvalue weighted by Crippen LogP contribution is -2.37. The second kappa shape index (κ2) is 8.46. The van der Waals surface area contributed by atoms with Gasteiger partial charge < -0.3 is 9.64 Å². The van der Waals surface area contributed by atoms with Crippen LogP contribution in [0.2, 0.25) is 5.02 Å². The first-order valence-corrected chi connectivity index (χ1v) is 7.85. The molecule has 0 aliphatic rings. The van der Waals surface area contributed by atoms with Gasteiger partial charge in [0.2, 0.25) is 0 Å². The minimum atomic E-state index is -0.397. The van der Waals surface area contributed by atoms with E-state index in [1.807, 2.05) is 6.92 Å². The predicted molar refractivity (Wildman–Crippen MR) is 87.0 cm³/mol. The van der Waals surface area contributed by atoms with E-state index in [9.17, 15) is 9.59 Å². The van der Waals surface area contributed by atoms with E-state index in [2.05, 4.69) is 22.6 Å². The van der Waals surface area contributed by atoms with Crippen molar-refractivity contribution in [2.24, 2.45) is 0 Å². The lowest BCUT2D eigenvalue weighted by molar-refractivity contribution is -0.143. The number of ether oxygens (including phenoxy) is 1. The number of nitrogens with zero attached hydrogens (tertiary/aromatic N) is 1. The van der Waals surface area contributed by atoms with Crippen molar-refractivity contribution < 1.29 is 14.3 Å². The molecule has 1 amide bonds. The van der Waals surface area contributed by atoms with E-state index in [0.29, 0.717) is 23.7 Å². The number of halogens is 2. The molecule has 1 aromatic carbocycles. The summed E-state index contributed by atoms with van der Waals surface area (Å²) in [6, 6.07) is 5.12. The van der Waals surface area contributed by atoms with Gasteiger partial charge in [0, 0.05) is 15.7 Å². The summed E-state index contributed by atoms with van der Waals surface area (Å²) in [6.07, 6.45) is 0.767. The van der Waals surface area contributed by atoms with Crippen LogP contribution in [0.4, 0.5) is 0 Å². The smallest absolute Gasteiger partial charge is 0.325 e. The van der Waals surface area contributed by atoms with Crippen molar-refractivity contribution in [3.63, 3.8) is 0 Å². The van der Waals surface area contributed by atoms with Gasteiger partial charge in [0.05, 0.1) is 11.6 Å². The molecule has 0 fully saturated rings. The van der Waals surface area contributed by atoms with Gasteiger partial charge in [0.15, 0.2) is 0 Å². The first-order valence-electron chi connectivity index (χ1n) is 6.39. The van der Waals surface area contributed by atoms with Crippen LogP contribution in [0, 0.1) is 3.57 Å². The van der Waals surface area contributed by atoms with Gasteiger partial charge in [-0.05, 0) is 54.1 Å². The maximum Gasteiger partial charge on any atom is 0.325 e. The van der Waals surface area contributed by atoms with Crippen LogP contribution in [0.25, 0.3) is 0 Å². The highest BCUT2D eigenvalue weighted by molar-refractivity contribution is 14.1. The van der Waals surface area contributed by atoms with Crippen LogP contribution in [0.15, 0.2) is 18.2 Å². The average Bonchev–Trinajstić information content (AvgIpc) is 2.41. The first kappa shape index (κ1) is 17.2. The van der Waals surface area contributed by atoms with E-state index in [-0.39, 0.29) is 12.5 Å². The Hall–Kier alpha value is -0.820. The quantitative estimate of drug-likeness (QED) is 0.535. The normalized spacial score (nSPS) is 10.2. The molecule has 0 N–H and O–H groups in total. The van der Waals surface area contributed by atoms with Crippen LogP contribution in [-0.2, 0) is 9.53 Å². The van der Waals surface area contributed by atoms with Crippen LogP contribution in [0.3, 0.4) is 0 Å². The van der Waals surface area contributed by atoms with Gasteiger partial charge in [-0.2, -0.15) is 0 Å². The fourth-order valence-electron chi connectivity index (χ4n) is 1.70. The fraction of sp³-hybridized carbons (Fsp3) is 0.429. The van der Waals surface area contributed by atoms with E-state index in [1.54, 1.807) is 25.1 Å². The topological polar surface area (TPSA) is 46.6 Å². The SMILES string of the molecule is CCCN(CC(=O)OCC)C(=O)c1ccc(I)c(Cl)c1. The minimum Gasteiger partial charge on any atom is -0.465 e. The standard InChI is InChI=1S/C14H17ClINO3/c1-3-7-17(9-13(18)20-4-2)14(19)10-5-6-12(16)11(15)8-10/h5-6,8H,3-4,7,9H2,1-2H3. The highest BCUT2D eigenvalue weighted by Crippen LogP contribution is 2.20. The highest BCUT2D eigenvalue weighted by Gasteiger charge is 2.19. The number of esters is 1. The van der Waals surface area contributed by atoms with Gasteiger partial charge in [0.25, 0.3) is 5.91 Å². The summed E-state index contributed by atoms with van der Waals surface area (Å²) >= 11 is 8.12. The monoisotopic (exact) mass is 409 g/mol. The number of hydrogen-bond acceptors (Lipinski definition) is 3. The fourth-order valence-corrected chi connectivity index (χ4v) is 2.21. The van der Waals surface area contributed by atoms with Gasteiger partial charge in [-0.1, -0.05) is 18.5 Å². The van der Waals surface area contributed by atoms with Crippen LogP contribution in [0.1, 0.15) is 30.6 Å². The summed E-state index contributed by atoms with van der Waals surface area (Å²) in [5.41, 5.74) is 0.480. The van der Waals surface area contributed by atoms with Gasteiger partial charge in [0.1, 0.15) is 6.54 Å². The third-order valence-corrected chi connectivity index (χ3v) is 4.14. The second-order valence-corrected chi connectivity index (χ2v) is 5.73. The summed E-state index contributed by atoms with van der Waals surface area (Å²) in [7, 11) is 0. The predicted octanol–water partition coefficient (Wildman–Crippen LogP) is 3.36. The van der Waals surface area contributed by atoms with Crippen molar-refractivity contribution in [3.8, 4) is 0 Å². The molecular formula is C14H17ClINO3. The van der Waals surface area contributed by atoms with Crippen LogP contribution < -0.4 is 0 Å². The molecule has 0 spiro atoms. The third-order valence-electron chi connectivity index (χ3n) is 2.57. The molecule has 1 rings (SSSR count). The van der Waals surface area contributed by atoms with E-state index < -0.39 is 5.97 Å². The molecule has 0 aliphatic carbocycles. The number of rotatable bonds is 6. The Morgan fingerprint density at radius 2 is 2.05 bits per heavy atom. The van der Waals surface area contributed by atoms with E-state index in [1.165, 1.54) is 4.90 Å². The molecule has 0 saturated carbocycles. The second-order valence-electron chi connectivity index (χ2n) is 4.16. The molecule has 0 unspecified atom stereocenters. The maximum absolute atomic E-state index is 12.4. The molecule has 4 nitrogen and oxygen atoms in total. The molecular weight excluding hydrogens is 393 g/mol. The van der Waals surface area contributed by atoms with Crippen LogP contribution >= 0.6 is 34.2 Å². The first-order chi connectivity index (χ1) is 9.49. The zero-order chi connectivity index (χ0) is 15.1. The molecule has 0 atom stereocenters. The third kappa shape index (κ3) is 4.94. The molecule has 0 saturated heterocycles. The minimum absolute atomic E-state index is 0.0376. The summed E-state index contributed by atoms with van der Waals surface area (Å²) < 4.78 is 5.77. The Bertz CT molecular complexity index is 493. The molecule has 20 heavy (non-hydrogen) atoms. The molecule has 110 valence electrons. The summed E-state index contributed by atoms with van der Waals surface area (Å²) in [5, 5.41) is 0.532. The van der Waals surface area contributed by atoms with Crippen molar-refractivity contribution >= 4 is 46.1 Å². The van der Waals surface area contributed by atoms with Crippen molar-refractivity contribution in [1.29, 1.82) is 0 Å². The van der Waals surface area contributed by atoms with E-state index >= 15 is 0 Å². The number of amides is 1. The molecule has 0 radical (unpaired) electrons. The number of benzene rings is 1. The Morgan fingerprint density at radius 3 is 2.60 bits per heavy atom. The number of carbonyl (C=O) groups is 2. The Labute approximate surface area is 137 Å². The van der Waals surface area contributed by atoms with Crippen LogP contribution in [-0.4, -0.2) is 36.5 Å². The van der Waals surface area contributed by atoms with Crippen LogP contribution in [0.5, 0.6) is 0 Å². The van der Waals surface area contributed by atoms with Gasteiger partial charge >= 0.3 is 5.97 Å². The summed E-state index contributed by atoms with van der Waals surface area (Å²) in [4.78, 5) is 25.4. The van der Waals surface area contributed by atoms with E-state index in [0.717, 1.165) is 9.99 Å². The lowest BCUT2D eigenvalue weighted by Gasteiger charge is -2.21.